The molecule has 5 heterocycles. The van der Waals surface area contributed by atoms with Crippen LogP contribution in [0.3, 0.4) is 0 Å². The second-order valence-corrected chi connectivity index (χ2v) is 16.6. The maximum atomic E-state index is 15.0. The van der Waals surface area contributed by atoms with Gasteiger partial charge < -0.3 is 19.9 Å². The number of nitrogens with one attached hydrogen (secondary N) is 4. The molecule has 2 aliphatic heterocycles. The van der Waals surface area contributed by atoms with Gasteiger partial charge in [-0.15, -0.1) is 0 Å². The van der Waals surface area contributed by atoms with Gasteiger partial charge in [-0.25, -0.2) is 18.4 Å². The first-order valence-electron chi connectivity index (χ1n) is 20.7. The van der Waals surface area contributed by atoms with Crippen LogP contribution in [0.15, 0.2) is 48.7 Å². The normalized spacial score (nSPS) is 17.5. The topological polar surface area (TPSA) is 162 Å². The van der Waals surface area contributed by atoms with E-state index in [0.717, 1.165) is 55.7 Å². The molecule has 4 N–H and O–H groups in total. The van der Waals surface area contributed by atoms with E-state index in [9.17, 15) is 14.4 Å². The molecule has 60 heavy (non-hydrogen) atoms. The van der Waals surface area contributed by atoms with Crippen LogP contribution in [-0.4, -0.2) is 92.2 Å². The van der Waals surface area contributed by atoms with Crippen molar-refractivity contribution in [2.45, 2.75) is 78.2 Å². The van der Waals surface area contributed by atoms with Crippen molar-refractivity contribution in [1.82, 2.24) is 34.9 Å². The molecule has 2 fully saturated rings. The summed E-state index contributed by atoms with van der Waals surface area (Å²) in [5, 5.41) is 12.6. The summed E-state index contributed by atoms with van der Waals surface area (Å²) in [5.74, 6) is -2.52. The molecule has 16 heteroatoms. The van der Waals surface area contributed by atoms with Crippen molar-refractivity contribution in [2.75, 3.05) is 54.9 Å². The highest BCUT2D eigenvalue weighted by Crippen LogP contribution is 2.34. The number of piperazine rings is 1. The zero-order chi connectivity index (χ0) is 42.7. The van der Waals surface area contributed by atoms with Crippen molar-refractivity contribution in [3.05, 3.63) is 77.1 Å². The van der Waals surface area contributed by atoms with E-state index in [1.54, 1.807) is 23.0 Å². The van der Waals surface area contributed by atoms with Crippen molar-refractivity contribution < 1.29 is 27.9 Å². The van der Waals surface area contributed by atoms with Gasteiger partial charge in [0.15, 0.2) is 0 Å². The average molecular weight is 825 g/mol. The summed E-state index contributed by atoms with van der Waals surface area (Å²) in [5.41, 5.74) is 4.67. The summed E-state index contributed by atoms with van der Waals surface area (Å²) in [7, 11) is 1.83. The zero-order valence-corrected chi connectivity index (χ0v) is 35.1. The predicted octanol–water partition coefficient (Wildman–Crippen LogP) is 6.94. The van der Waals surface area contributed by atoms with E-state index in [1.807, 2.05) is 32.2 Å². The molecule has 2 saturated heterocycles. The molecule has 2 aliphatic rings. The van der Waals surface area contributed by atoms with Crippen LogP contribution in [0.5, 0.6) is 5.88 Å². The third-order valence-electron chi connectivity index (χ3n) is 11.6. The number of ether oxygens (including phenoxy) is 1. The first-order chi connectivity index (χ1) is 28.7. The number of hydrogen-bond donors (Lipinski definition) is 4. The number of rotatable bonds is 15. The number of imidazole rings is 1. The molecule has 14 nitrogen and oxygen atoms in total. The number of carbonyl (C=O) groups excluding carboxylic acids is 3. The number of pyridine rings is 1. The SMILES string of the molecule is CC[C@H](C)CCCOc1c(-c2cc(C(=O)Nc3nc4ccc(N5CCN(CCNc6cc(F)c([C@H]7CCC(=O)NC7=O)c(F)c6)CC5(C)C)cc4[nH]3)cc(C)n2)cnn1C. The maximum absolute atomic E-state index is 15.0. The van der Waals surface area contributed by atoms with Crippen LogP contribution in [0.2, 0.25) is 0 Å². The molecule has 3 amide bonds. The van der Waals surface area contributed by atoms with Crippen LogP contribution in [0.25, 0.3) is 22.3 Å². The van der Waals surface area contributed by atoms with Gasteiger partial charge in [-0.3, -0.25) is 34.9 Å². The van der Waals surface area contributed by atoms with Crippen molar-refractivity contribution in [2.24, 2.45) is 13.0 Å². The van der Waals surface area contributed by atoms with Gasteiger partial charge in [0.05, 0.1) is 41.0 Å². The smallest absolute Gasteiger partial charge is 0.258 e. The minimum Gasteiger partial charge on any atom is -0.477 e. The minimum absolute atomic E-state index is 0.0387. The second kappa shape index (κ2) is 17.8. The number of halogens is 2. The molecule has 0 spiro atoms. The predicted molar refractivity (Wildman–Crippen MR) is 227 cm³/mol. The Morgan fingerprint density at radius 2 is 1.87 bits per heavy atom. The number of aromatic nitrogens is 5. The van der Waals surface area contributed by atoms with E-state index in [2.05, 4.69) is 68.5 Å². The average Bonchev–Trinajstić information content (AvgIpc) is 3.77. The van der Waals surface area contributed by atoms with Crippen LogP contribution in [-0.2, 0) is 16.6 Å². The monoisotopic (exact) mass is 824 g/mol. The number of amides is 3. The van der Waals surface area contributed by atoms with Gasteiger partial charge in [0.25, 0.3) is 5.91 Å². The van der Waals surface area contributed by atoms with E-state index in [1.165, 1.54) is 12.1 Å². The van der Waals surface area contributed by atoms with Crippen LogP contribution in [0.4, 0.5) is 26.1 Å². The third-order valence-corrected chi connectivity index (χ3v) is 11.6. The molecule has 7 rings (SSSR count). The summed E-state index contributed by atoms with van der Waals surface area (Å²) >= 11 is 0. The first-order valence-corrected chi connectivity index (χ1v) is 20.7. The Balaban J connectivity index is 0.953. The van der Waals surface area contributed by atoms with Crippen LogP contribution in [0.1, 0.15) is 87.3 Å². The van der Waals surface area contributed by atoms with E-state index in [0.29, 0.717) is 59.9 Å². The van der Waals surface area contributed by atoms with Crippen molar-refractivity contribution in [3.8, 4) is 17.1 Å². The number of imide groups is 1. The lowest BCUT2D eigenvalue weighted by Crippen LogP contribution is -2.60. The summed E-state index contributed by atoms with van der Waals surface area (Å²) in [4.78, 5) is 54.6. The Hall–Kier alpha value is -5.90. The molecular formula is C44H54F2N10O4. The van der Waals surface area contributed by atoms with E-state index in [4.69, 9.17) is 9.72 Å². The van der Waals surface area contributed by atoms with E-state index < -0.39 is 29.4 Å². The Morgan fingerprint density at radius 1 is 1.08 bits per heavy atom. The van der Waals surface area contributed by atoms with Crippen LogP contribution < -0.4 is 25.6 Å². The Morgan fingerprint density at radius 3 is 2.60 bits per heavy atom. The Labute approximate surface area is 348 Å². The molecule has 0 saturated carbocycles. The molecule has 318 valence electrons. The molecule has 0 aliphatic carbocycles. The largest absolute Gasteiger partial charge is 0.477 e. The lowest BCUT2D eigenvalue weighted by molar-refractivity contribution is -0.134. The Bertz CT molecular complexity index is 2370. The summed E-state index contributed by atoms with van der Waals surface area (Å²) < 4.78 is 37.9. The summed E-state index contributed by atoms with van der Waals surface area (Å²) in [6, 6.07) is 11.9. The van der Waals surface area contributed by atoms with Crippen molar-refractivity contribution in [1.29, 1.82) is 0 Å². The van der Waals surface area contributed by atoms with Gasteiger partial charge in [-0.1, -0.05) is 20.3 Å². The molecule has 3 aromatic heterocycles. The fourth-order valence-corrected chi connectivity index (χ4v) is 8.19. The summed E-state index contributed by atoms with van der Waals surface area (Å²) in [6.45, 7) is 14.6. The highest BCUT2D eigenvalue weighted by atomic mass is 19.1. The fourth-order valence-electron chi connectivity index (χ4n) is 8.19. The molecule has 0 unspecified atom stereocenters. The third kappa shape index (κ3) is 9.43. The number of H-pyrrole nitrogens is 1. The number of anilines is 3. The van der Waals surface area contributed by atoms with Gasteiger partial charge in [-0.2, -0.15) is 5.10 Å². The highest BCUT2D eigenvalue weighted by molar-refractivity contribution is 6.05. The fraction of sp³-hybridized carbons (Fsp3) is 0.455. The minimum atomic E-state index is -1.04. The van der Waals surface area contributed by atoms with Crippen LogP contribution in [0, 0.1) is 24.5 Å². The van der Waals surface area contributed by atoms with E-state index in [-0.39, 0.29) is 35.5 Å². The zero-order valence-electron chi connectivity index (χ0n) is 35.1. The van der Waals surface area contributed by atoms with E-state index >= 15 is 8.78 Å². The number of aromatic amines is 1. The number of benzene rings is 2. The molecule has 0 bridgehead atoms. The number of carbonyl (C=O) groups is 3. The lowest BCUT2D eigenvalue weighted by Gasteiger charge is -2.48. The second-order valence-electron chi connectivity index (χ2n) is 16.6. The highest BCUT2D eigenvalue weighted by Gasteiger charge is 2.35. The summed E-state index contributed by atoms with van der Waals surface area (Å²) in [6.07, 6.45) is 4.98. The van der Waals surface area contributed by atoms with Gasteiger partial charge in [-0.05, 0) is 88.4 Å². The lowest BCUT2D eigenvalue weighted by atomic mass is 9.89. The molecule has 0 radical (unpaired) electrons. The van der Waals surface area contributed by atoms with Gasteiger partial charge in [0.2, 0.25) is 23.6 Å². The molecule has 5 aromatic rings. The van der Waals surface area contributed by atoms with Crippen molar-refractivity contribution in [3.63, 3.8) is 0 Å². The molecular weight excluding hydrogens is 771 g/mol. The van der Waals surface area contributed by atoms with Crippen LogP contribution >= 0.6 is 0 Å². The molecule has 2 aromatic carbocycles. The number of piperidine rings is 1. The quantitative estimate of drug-likeness (QED) is 0.0643. The standard InChI is InChI=1S/C44H54F2N10O4/c1-7-26(2)9-8-18-60-42-32(24-48-54(42)6)36-20-28(19-27(3)49-36)40(58)53-43-50-35-12-10-30(23-37(35)51-43)56-17-16-55(25-44(56,4)5)15-14-47-29-21-33(45)39(34(46)22-29)31-11-13-38(57)52-41(31)59/h10,12,19-24,26,31,47H,7-9,11,13-18,25H2,1-6H3,(H,52,57,59)(H2,50,51,53,58)/t26-,31+/m0/s1. The number of nitrogens with zero attached hydrogens (tertiary/aromatic N) is 6. The maximum Gasteiger partial charge on any atom is 0.258 e. The first kappa shape index (κ1) is 42.2. The number of fused-ring (bicyclic) bond motifs is 1. The van der Waals surface area contributed by atoms with Gasteiger partial charge in [0.1, 0.15) is 11.6 Å². The van der Waals surface area contributed by atoms with Crippen molar-refractivity contribution >= 4 is 46.1 Å². The Kier molecular flexibility index (Phi) is 12.5. The number of aryl methyl sites for hydroxylation is 2. The van der Waals surface area contributed by atoms with Gasteiger partial charge >= 0.3 is 0 Å². The molecule has 2 atom stereocenters. The number of hydrogen-bond acceptors (Lipinski definition) is 10. The van der Waals surface area contributed by atoms with Gasteiger partial charge in [0, 0.05) is 79.9 Å².